The van der Waals surface area contributed by atoms with E-state index in [0.717, 1.165) is 0 Å². The molecule has 6 nitrogen and oxygen atoms in total. The van der Waals surface area contributed by atoms with E-state index in [1.54, 1.807) is 34.9 Å². The summed E-state index contributed by atoms with van der Waals surface area (Å²) in [6.07, 6.45) is -0.971. The minimum Gasteiger partial charge on any atom is -0.444 e. The average Bonchev–Trinajstić information content (AvgIpc) is 2.56. The fraction of sp³-hybridized carbons (Fsp3) is 0.833. The molecule has 6 heteroatoms. The van der Waals surface area contributed by atoms with Crippen LogP contribution in [0.25, 0.3) is 0 Å². The molecule has 2 amide bonds. The van der Waals surface area contributed by atoms with Crippen LogP contribution in [0.5, 0.6) is 0 Å². The first-order valence-electron chi connectivity index (χ1n) is 6.00. The summed E-state index contributed by atoms with van der Waals surface area (Å²) < 4.78 is 5.24. The van der Waals surface area contributed by atoms with Crippen molar-refractivity contribution >= 4 is 12.0 Å². The second-order valence-corrected chi connectivity index (χ2v) is 5.77. The van der Waals surface area contributed by atoms with Crippen molar-refractivity contribution in [1.29, 1.82) is 0 Å². The molecule has 0 bridgehead atoms. The molecule has 1 fully saturated rings. The predicted molar refractivity (Wildman–Crippen MR) is 66.0 cm³/mol. The normalized spacial score (nSPS) is 24.0. The zero-order valence-electron chi connectivity index (χ0n) is 11.6. The van der Waals surface area contributed by atoms with E-state index in [2.05, 4.69) is 0 Å². The molecule has 0 spiro atoms. The van der Waals surface area contributed by atoms with Gasteiger partial charge in [-0.15, -0.1) is 0 Å². The number of rotatable bonds is 1. The number of aliphatic hydroxyl groups is 1. The Morgan fingerprint density at radius 3 is 2.33 bits per heavy atom. The molecule has 0 aromatic rings. The van der Waals surface area contributed by atoms with E-state index in [1.807, 2.05) is 0 Å². The molecule has 0 aliphatic carbocycles. The number of nitrogens with zero attached hydrogens (tertiary/aromatic N) is 2. The standard InChI is InChI=1S/C12H22N2O4/c1-12(2,3)18-11(17)14-7-8(15)6-9(14)10(16)13(4)5/h8-9,15H,6-7H2,1-5H3/t8-,9+/m0/s1. The van der Waals surface area contributed by atoms with E-state index in [1.165, 1.54) is 9.80 Å². The Bertz CT molecular complexity index is 335. The summed E-state index contributed by atoms with van der Waals surface area (Å²) in [7, 11) is 3.25. The van der Waals surface area contributed by atoms with Crippen molar-refractivity contribution in [2.45, 2.75) is 44.9 Å². The van der Waals surface area contributed by atoms with E-state index in [-0.39, 0.29) is 18.9 Å². The van der Waals surface area contributed by atoms with Crippen LogP contribution in [0.15, 0.2) is 0 Å². The SMILES string of the molecule is CN(C)C(=O)[C@H]1C[C@H](O)CN1C(=O)OC(C)(C)C. The van der Waals surface area contributed by atoms with E-state index < -0.39 is 23.8 Å². The van der Waals surface area contributed by atoms with Gasteiger partial charge in [-0.1, -0.05) is 0 Å². The first-order valence-corrected chi connectivity index (χ1v) is 6.00. The Balaban J connectivity index is 2.79. The topological polar surface area (TPSA) is 70.1 Å². The van der Waals surface area contributed by atoms with Gasteiger partial charge in [0.15, 0.2) is 0 Å². The minimum absolute atomic E-state index is 0.138. The van der Waals surface area contributed by atoms with Crippen LogP contribution in [0.3, 0.4) is 0 Å². The lowest BCUT2D eigenvalue weighted by molar-refractivity contribution is -0.133. The van der Waals surface area contributed by atoms with Crippen molar-refractivity contribution in [2.75, 3.05) is 20.6 Å². The zero-order valence-corrected chi connectivity index (χ0v) is 11.6. The zero-order chi connectivity index (χ0) is 14.1. The van der Waals surface area contributed by atoms with Crippen LogP contribution in [0.1, 0.15) is 27.2 Å². The summed E-state index contributed by atoms with van der Waals surface area (Å²) in [4.78, 5) is 26.6. The van der Waals surface area contributed by atoms with Crippen LogP contribution in [0.2, 0.25) is 0 Å². The number of ether oxygens (including phenoxy) is 1. The minimum atomic E-state index is -0.675. The fourth-order valence-electron chi connectivity index (χ4n) is 1.87. The highest BCUT2D eigenvalue weighted by Gasteiger charge is 2.41. The molecule has 1 aliphatic heterocycles. The second-order valence-electron chi connectivity index (χ2n) is 5.77. The van der Waals surface area contributed by atoms with Crippen LogP contribution in [0, 0.1) is 0 Å². The molecule has 1 heterocycles. The fourth-order valence-corrected chi connectivity index (χ4v) is 1.87. The maximum absolute atomic E-state index is 12.0. The molecular weight excluding hydrogens is 236 g/mol. The maximum Gasteiger partial charge on any atom is 0.411 e. The summed E-state index contributed by atoms with van der Waals surface area (Å²) in [5, 5.41) is 9.63. The summed E-state index contributed by atoms with van der Waals surface area (Å²) in [6.45, 7) is 5.43. The predicted octanol–water partition coefficient (Wildman–Crippen LogP) is 0.445. The molecule has 0 saturated carbocycles. The van der Waals surface area contributed by atoms with Crippen molar-refractivity contribution in [3.8, 4) is 0 Å². The lowest BCUT2D eigenvalue weighted by atomic mass is 10.2. The molecule has 0 radical (unpaired) electrons. The number of aliphatic hydroxyl groups excluding tert-OH is 1. The van der Waals surface area contributed by atoms with Crippen molar-refractivity contribution in [3.63, 3.8) is 0 Å². The van der Waals surface area contributed by atoms with Gasteiger partial charge in [-0.05, 0) is 20.8 Å². The number of carbonyl (C=O) groups excluding carboxylic acids is 2. The van der Waals surface area contributed by atoms with Crippen molar-refractivity contribution in [3.05, 3.63) is 0 Å². The van der Waals surface area contributed by atoms with Gasteiger partial charge in [0.1, 0.15) is 11.6 Å². The monoisotopic (exact) mass is 258 g/mol. The van der Waals surface area contributed by atoms with Crippen LogP contribution in [-0.2, 0) is 9.53 Å². The van der Waals surface area contributed by atoms with Gasteiger partial charge in [0, 0.05) is 20.5 Å². The summed E-state index contributed by atoms with van der Waals surface area (Å²) in [5.74, 6) is -0.197. The van der Waals surface area contributed by atoms with Gasteiger partial charge in [0.25, 0.3) is 0 Å². The average molecular weight is 258 g/mol. The van der Waals surface area contributed by atoms with E-state index in [0.29, 0.717) is 0 Å². The summed E-state index contributed by atoms with van der Waals surface area (Å²) in [6, 6.07) is -0.634. The number of amides is 2. The summed E-state index contributed by atoms with van der Waals surface area (Å²) >= 11 is 0. The molecule has 18 heavy (non-hydrogen) atoms. The van der Waals surface area contributed by atoms with Crippen LogP contribution in [-0.4, -0.2) is 65.3 Å². The Hall–Kier alpha value is -1.30. The van der Waals surface area contributed by atoms with Gasteiger partial charge in [-0.3, -0.25) is 9.69 Å². The first-order chi connectivity index (χ1) is 8.11. The van der Waals surface area contributed by atoms with Gasteiger partial charge < -0.3 is 14.7 Å². The molecule has 1 saturated heterocycles. The molecule has 0 unspecified atom stereocenters. The molecule has 1 N–H and O–H groups in total. The summed E-state index contributed by atoms with van der Waals surface area (Å²) in [5.41, 5.74) is -0.615. The van der Waals surface area contributed by atoms with Crippen LogP contribution < -0.4 is 0 Å². The third-order valence-corrected chi connectivity index (χ3v) is 2.63. The third-order valence-electron chi connectivity index (χ3n) is 2.63. The van der Waals surface area contributed by atoms with E-state index >= 15 is 0 Å². The quantitative estimate of drug-likeness (QED) is 0.741. The third kappa shape index (κ3) is 3.60. The highest BCUT2D eigenvalue weighted by atomic mass is 16.6. The van der Waals surface area contributed by atoms with Gasteiger partial charge in [0.05, 0.1) is 12.6 Å². The largest absolute Gasteiger partial charge is 0.444 e. The first kappa shape index (κ1) is 14.8. The molecule has 0 aromatic heterocycles. The maximum atomic E-state index is 12.0. The van der Waals surface area contributed by atoms with Crippen LogP contribution in [0.4, 0.5) is 4.79 Å². The number of carbonyl (C=O) groups is 2. The molecular formula is C12H22N2O4. The van der Waals surface area contributed by atoms with Gasteiger partial charge in [0.2, 0.25) is 5.91 Å². The molecule has 1 aliphatic rings. The Labute approximate surface area is 107 Å². The number of β-amino-alcohol motifs (C(OH)–C–C–N with tert-alkyl or cyclic N) is 1. The Morgan fingerprint density at radius 1 is 1.33 bits per heavy atom. The van der Waals surface area contributed by atoms with E-state index in [9.17, 15) is 14.7 Å². The Kier molecular flexibility index (Phi) is 4.21. The highest BCUT2D eigenvalue weighted by molar-refractivity contribution is 5.86. The van der Waals surface area contributed by atoms with Gasteiger partial charge >= 0.3 is 6.09 Å². The van der Waals surface area contributed by atoms with Crippen molar-refractivity contribution < 1.29 is 19.4 Å². The van der Waals surface area contributed by atoms with Gasteiger partial charge in [-0.2, -0.15) is 0 Å². The van der Waals surface area contributed by atoms with Crippen LogP contribution >= 0.6 is 0 Å². The number of hydrogen-bond donors (Lipinski definition) is 1. The number of hydrogen-bond acceptors (Lipinski definition) is 4. The molecule has 104 valence electrons. The van der Waals surface area contributed by atoms with E-state index in [4.69, 9.17) is 4.74 Å². The lowest BCUT2D eigenvalue weighted by Gasteiger charge is -2.28. The van der Waals surface area contributed by atoms with Crippen molar-refractivity contribution in [2.24, 2.45) is 0 Å². The highest BCUT2D eigenvalue weighted by Crippen LogP contribution is 2.22. The Morgan fingerprint density at radius 2 is 1.89 bits per heavy atom. The molecule has 0 aromatic carbocycles. The number of likely N-dealkylation sites (N-methyl/N-ethyl adjacent to an activating group) is 1. The number of likely N-dealkylation sites (tertiary alicyclic amines) is 1. The van der Waals surface area contributed by atoms with Crippen molar-refractivity contribution in [1.82, 2.24) is 9.80 Å². The molecule has 2 atom stereocenters. The lowest BCUT2D eigenvalue weighted by Crippen LogP contribution is -2.47. The van der Waals surface area contributed by atoms with Gasteiger partial charge in [-0.25, -0.2) is 4.79 Å². The smallest absolute Gasteiger partial charge is 0.411 e. The molecule has 1 rings (SSSR count). The second kappa shape index (κ2) is 5.14.